The summed E-state index contributed by atoms with van der Waals surface area (Å²) in [5.74, 6) is -0.440. The first-order valence-corrected chi connectivity index (χ1v) is 11.2. The molecule has 0 bridgehead atoms. The topological polar surface area (TPSA) is 67.9 Å². The fraction of sp³-hybridized carbons (Fsp3) is 0.368. The number of ether oxygens (including phenoxy) is 2. The molecule has 0 aliphatic carbocycles. The quantitative estimate of drug-likeness (QED) is 0.446. The number of hydrogen-bond donors (Lipinski definition) is 1. The molecule has 2 amide bonds. The summed E-state index contributed by atoms with van der Waals surface area (Å²) in [6.45, 7) is 2.78. The molecule has 3 heterocycles. The molecule has 1 atom stereocenters. The van der Waals surface area contributed by atoms with Crippen molar-refractivity contribution in [1.82, 2.24) is 10.2 Å². The van der Waals surface area contributed by atoms with Gasteiger partial charge >= 0.3 is 12.0 Å². The van der Waals surface area contributed by atoms with Crippen LogP contribution in [-0.4, -0.2) is 43.8 Å². The molecule has 0 saturated heterocycles. The zero-order valence-electron chi connectivity index (χ0n) is 15.6. The predicted molar refractivity (Wildman–Crippen MR) is 114 cm³/mol. The molecular formula is C19H21BrN2O4S2. The Labute approximate surface area is 180 Å². The Bertz CT molecular complexity index is 863. The van der Waals surface area contributed by atoms with Gasteiger partial charge in [0.25, 0.3) is 0 Å². The molecule has 0 fully saturated rings. The minimum absolute atomic E-state index is 0.163. The van der Waals surface area contributed by atoms with Crippen LogP contribution in [0.25, 0.3) is 0 Å². The van der Waals surface area contributed by atoms with E-state index in [4.69, 9.17) is 9.47 Å². The highest BCUT2D eigenvalue weighted by atomic mass is 79.9. The van der Waals surface area contributed by atoms with E-state index in [1.54, 1.807) is 30.3 Å². The zero-order chi connectivity index (χ0) is 20.1. The second-order valence-corrected chi connectivity index (χ2v) is 9.66. The summed E-state index contributed by atoms with van der Waals surface area (Å²) in [7, 11) is 1.55. The first-order chi connectivity index (χ1) is 13.5. The lowest BCUT2D eigenvalue weighted by Gasteiger charge is -2.34. The zero-order valence-corrected chi connectivity index (χ0v) is 18.8. The maximum Gasteiger partial charge on any atom is 0.338 e. The van der Waals surface area contributed by atoms with Gasteiger partial charge in [0, 0.05) is 29.1 Å². The summed E-state index contributed by atoms with van der Waals surface area (Å²) in [6.07, 6.45) is 0.726. The Balaban J connectivity index is 1.88. The van der Waals surface area contributed by atoms with Crippen molar-refractivity contribution < 1.29 is 19.1 Å². The second kappa shape index (κ2) is 9.69. The molecule has 1 aliphatic heterocycles. The number of halogens is 1. The Morgan fingerprint density at radius 1 is 1.32 bits per heavy atom. The lowest BCUT2D eigenvalue weighted by atomic mass is 10.0. The fourth-order valence-electron chi connectivity index (χ4n) is 2.98. The van der Waals surface area contributed by atoms with Gasteiger partial charge in [0.05, 0.1) is 22.0 Å². The first-order valence-electron chi connectivity index (χ1n) is 8.73. The molecule has 1 aliphatic rings. The summed E-state index contributed by atoms with van der Waals surface area (Å²) in [4.78, 5) is 29.3. The van der Waals surface area contributed by atoms with Crippen LogP contribution in [0.1, 0.15) is 22.7 Å². The molecule has 28 heavy (non-hydrogen) atoms. The van der Waals surface area contributed by atoms with Crippen molar-refractivity contribution in [1.29, 1.82) is 0 Å². The highest BCUT2D eigenvalue weighted by Gasteiger charge is 2.37. The average molecular weight is 485 g/mol. The van der Waals surface area contributed by atoms with Crippen molar-refractivity contribution in [3.63, 3.8) is 0 Å². The van der Waals surface area contributed by atoms with Gasteiger partial charge in [-0.2, -0.15) is 0 Å². The molecule has 9 heteroatoms. The summed E-state index contributed by atoms with van der Waals surface area (Å²) < 4.78 is 11.3. The molecule has 0 saturated carbocycles. The van der Waals surface area contributed by atoms with E-state index in [1.165, 1.54) is 16.2 Å². The number of rotatable bonds is 8. The standard InChI is InChI=1S/C19H21BrN2O4S2/c1-12-16(18(23)26-10-9-25-2)17(14-5-6-15(20)28-14)21-19(24)22(12)8-7-13-4-3-11-27-13/h3-6,11,17H,7-10H2,1-2H3,(H,21,24). The number of nitrogens with zero attached hydrogens (tertiary/aromatic N) is 1. The number of urea groups is 1. The SMILES string of the molecule is COCCOC(=O)C1=C(C)N(CCc2cccs2)C(=O)NC1c1ccc(Br)s1. The molecular weight excluding hydrogens is 464 g/mol. The van der Waals surface area contributed by atoms with Crippen molar-refractivity contribution in [2.24, 2.45) is 0 Å². The summed E-state index contributed by atoms with van der Waals surface area (Å²) in [5.41, 5.74) is 1.08. The fourth-order valence-corrected chi connectivity index (χ4v) is 5.17. The van der Waals surface area contributed by atoms with Gasteiger partial charge in [-0.25, -0.2) is 9.59 Å². The summed E-state index contributed by atoms with van der Waals surface area (Å²) in [6, 6.07) is 7.09. The van der Waals surface area contributed by atoms with Crippen molar-refractivity contribution in [3.8, 4) is 0 Å². The van der Waals surface area contributed by atoms with E-state index < -0.39 is 12.0 Å². The molecule has 150 valence electrons. The molecule has 1 unspecified atom stereocenters. The lowest BCUT2D eigenvalue weighted by molar-refractivity contribution is -0.140. The lowest BCUT2D eigenvalue weighted by Crippen LogP contribution is -2.48. The van der Waals surface area contributed by atoms with Crippen LogP contribution in [0.15, 0.2) is 44.7 Å². The Morgan fingerprint density at radius 3 is 2.79 bits per heavy atom. The van der Waals surface area contributed by atoms with E-state index in [0.717, 1.165) is 15.1 Å². The maximum atomic E-state index is 12.8. The Morgan fingerprint density at radius 2 is 2.14 bits per heavy atom. The smallest absolute Gasteiger partial charge is 0.338 e. The van der Waals surface area contributed by atoms with Crippen molar-refractivity contribution in [3.05, 3.63) is 54.5 Å². The van der Waals surface area contributed by atoms with Crippen molar-refractivity contribution in [2.45, 2.75) is 19.4 Å². The molecule has 0 aromatic carbocycles. The average Bonchev–Trinajstić information content (AvgIpc) is 3.32. The molecule has 3 rings (SSSR count). The summed E-state index contributed by atoms with van der Waals surface area (Å²) >= 11 is 6.57. The monoisotopic (exact) mass is 484 g/mol. The Hall–Kier alpha value is -1.68. The largest absolute Gasteiger partial charge is 0.460 e. The summed E-state index contributed by atoms with van der Waals surface area (Å²) in [5, 5.41) is 4.98. The van der Waals surface area contributed by atoms with E-state index in [-0.39, 0.29) is 12.6 Å². The number of allylic oxidation sites excluding steroid dienone is 1. The predicted octanol–water partition coefficient (Wildman–Crippen LogP) is 4.34. The van der Waals surface area contributed by atoms with Gasteiger partial charge in [-0.15, -0.1) is 22.7 Å². The normalized spacial score (nSPS) is 17.0. The van der Waals surface area contributed by atoms with Gasteiger partial charge in [-0.05, 0) is 52.9 Å². The first kappa shape index (κ1) is 21.0. The van der Waals surface area contributed by atoms with Gasteiger partial charge in [0.1, 0.15) is 6.61 Å². The van der Waals surface area contributed by atoms with Gasteiger partial charge in [0.2, 0.25) is 0 Å². The maximum absolute atomic E-state index is 12.8. The third-order valence-electron chi connectivity index (χ3n) is 4.38. The van der Waals surface area contributed by atoms with Crippen LogP contribution < -0.4 is 5.32 Å². The molecule has 0 spiro atoms. The molecule has 2 aromatic heterocycles. The van der Waals surface area contributed by atoms with E-state index in [2.05, 4.69) is 21.2 Å². The second-order valence-electron chi connectivity index (χ2n) is 6.13. The van der Waals surface area contributed by atoms with Crippen LogP contribution in [0.2, 0.25) is 0 Å². The number of methoxy groups -OCH3 is 1. The minimum Gasteiger partial charge on any atom is -0.460 e. The van der Waals surface area contributed by atoms with Crippen LogP contribution in [0.3, 0.4) is 0 Å². The van der Waals surface area contributed by atoms with Gasteiger partial charge in [-0.1, -0.05) is 6.07 Å². The van der Waals surface area contributed by atoms with Gasteiger partial charge < -0.3 is 14.8 Å². The van der Waals surface area contributed by atoms with Crippen molar-refractivity contribution in [2.75, 3.05) is 26.9 Å². The van der Waals surface area contributed by atoms with E-state index in [0.29, 0.717) is 24.4 Å². The number of amides is 2. The van der Waals surface area contributed by atoms with Crippen LogP contribution in [-0.2, 0) is 20.7 Å². The highest BCUT2D eigenvalue weighted by molar-refractivity contribution is 9.11. The number of hydrogen-bond acceptors (Lipinski definition) is 6. The van der Waals surface area contributed by atoms with Crippen molar-refractivity contribution >= 4 is 50.6 Å². The number of carbonyl (C=O) groups excluding carboxylic acids is 2. The number of thiophene rings is 2. The van der Waals surface area contributed by atoms with E-state index >= 15 is 0 Å². The molecule has 0 radical (unpaired) electrons. The third-order valence-corrected chi connectivity index (χ3v) is 7.00. The van der Waals surface area contributed by atoms with Gasteiger partial charge in [-0.3, -0.25) is 4.90 Å². The number of nitrogens with one attached hydrogen (secondary N) is 1. The number of carbonyl (C=O) groups is 2. The van der Waals surface area contributed by atoms with E-state index in [1.807, 2.05) is 29.6 Å². The van der Waals surface area contributed by atoms with Crippen LogP contribution in [0, 0.1) is 0 Å². The van der Waals surface area contributed by atoms with E-state index in [9.17, 15) is 9.59 Å². The molecule has 6 nitrogen and oxygen atoms in total. The highest BCUT2D eigenvalue weighted by Crippen LogP contribution is 2.36. The third kappa shape index (κ3) is 4.83. The van der Waals surface area contributed by atoms with Crippen LogP contribution in [0.4, 0.5) is 4.79 Å². The van der Waals surface area contributed by atoms with Gasteiger partial charge in [0.15, 0.2) is 0 Å². The van der Waals surface area contributed by atoms with Crippen LogP contribution in [0.5, 0.6) is 0 Å². The minimum atomic E-state index is -0.531. The molecule has 1 N–H and O–H groups in total. The number of esters is 1. The molecule has 2 aromatic rings. The Kier molecular flexibility index (Phi) is 7.28. The van der Waals surface area contributed by atoms with Crippen LogP contribution >= 0.6 is 38.6 Å².